The Morgan fingerprint density at radius 3 is 2.68 bits per heavy atom. The SMILES string of the molecule is Cc1ccc(COc2ccccc2F)cc1C(=O)O. The van der Waals surface area contributed by atoms with Crippen molar-refractivity contribution >= 4 is 5.97 Å². The van der Waals surface area contributed by atoms with Gasteiger partial charge in [-0.3, -0.25) is 0 Å². The van der Waals surface area contributed by atoms with E-state index in [2.05, 4.69) is 0 Å². The highest BCUT2D eigenvalue weighted by molar-refractivity contribution is 5.89. The lowest BCUT2D eigenvalue weighted by atomic mass is 10.1. The Labute approximate surface area is 110 Å². The number of hydrogen-bond acceptors (Lipinski definition) is 2. The standard InChI is InChI=1S/C15H13FO3/c1-10-6-7-11(8-12(10)15(17)18)9-19-14-5-3-2-4-13(14)16/h2-8H,9H2,1H3,(H,17,18). The summed E-state index contributed by atoms with van der Waals surface area (Å²) in [6.45, 7) is 1.85. The van der Waals surface area contributed by atoms with Crippen LogP contribution < -0.4 is 4.74 Å². The van der Waals surface area contributed by atoms with E-state index in [4.69, 9.17) is 9.84 Å². The fourth-order valence-corrected chi connectivity index (χ4v) is 1.71. The molecule has 0 atom stereocenters. The van der Waals surface area contributed by atoms with Crippen molar-refractivity contribution < 1.29 is 19.0 Å². The Kier molecular flexibility index (Phi) is 3.80. The molecule has 0 fully saturated rings. The maximum atomic E-state index is 13.3. The number of aromatic carboxylic acids is 1. The summed E-state index contributed by atoms with van der Waals surface area (Å²) in [4.78, 5) is 11.0. The van der Waals surface area contributed by atoms with Gasteiger partial charge < -0.3 is 9.84 Å². The lowest BCUT2D eigenvalue weighted by Crippen LogP contribution is -2.03. The zero-order chi connectivity index (χ0) is 13.8. The Morgan fingerprint density at radius 2 is 2.00 bits per heavy atom. The van der Waals surface area contributed by atoms with Crippen LogP contribution in [0.5, 0.6) is 5.75 Å². The molecule has 0 unspecified atom stereocenters. The molecule has 0 heterocycles. The Hall–Kier alpha value is -2.36. The molecular formula is C15H13FO3. The van der Waals surface area contributed by atoms with Gasteiger partial charge >= 0.3 is 5.97 Å². The number of ether oxygens (including phenoxy) is 1. The van der Waals surface area contributed by atoms with Gasteiger partial charge in [-0.15, -0.1) is 0 Å². The summed E-state index contributed by atoms with van der Waals surface area (Å²) < 4.78 is 18.7. The third-order valence-corrected chi connectivity index (χ3v) is 2.76. The van der Waals surface area contributed by atoms with Crippen molar-refractivity contribution in [2.24, 2.45) is 0 Å². The lowest BCUT2D eigenvalue weighted by Gasteiger charge is -2.08. The number of benzene rings is 2. The maximum absolute atomic E-state index is 13.3. The van der Waals surface area contributed by atoms with Gasteiger partial charge in [0.2, 0.25) is 0 Å². The molecule has 0 aliphatic rings. The first-order chi connectivity index (χ1) is 9.08. The maximum Gasteiger partial charge on any atom is 0.335 e. The quantitative estimate of drug-likeness (QED) is 0.916. The number of carboxylic acids is 1. The van der Waals surface area contributed by atoms with Crippen molar-refractivity contribution in [2.45, 2.75) is 13.5 Å². The van der Waals surface area contributed by atoms with Crippen LogP contribution in [0.1, 0.15) is 21.5 Å². The molecule has 2 rings (SSSR count). The van der Waals surface area contributed by atoms with Gasteiger partial charge in [0.1, 0.15) is 6.61 Å². The number of carbonyl (C=O) groups is 1. The van der Waals surface area contributed by atoms with Crippen LogP contribution in [0.25, 0.3) is 0 Å². The summed E-state index contributed by atoms with van der Waals surface area (Å²) in [6.07, 6.45) is 0. The third kappa shape index (κ3) is 3.10. The molecular weight excluding hydrogens is 247 g/mol. The second-order valence-corrected chi connectivity index (χ2v) is 4.17. The number of hydrogen-bond donors (Lipinski definition) is 1. The molecule has 0 aliphatic carbocycles. The topological polar surface area (TPSA) is 46.5 Å². The molecule has 0 spiro atoms. The van der Waals surface area contributed by atoms with Gasteiger partial charge in [0, 0.05) is 0 Å². The predicted octanol–water partition coefficient (Wildman–Crippen LogP) is 3.41. The first-order valence-corrected chi connectivity index (χ1v) is 5.78. The Balaban J connectivity index is 2.14. The van der Waals surface area contributed by atoms with E-state index in [1.807, 2.05) is 0 Å². The monoisotopic (exact) mass is 260 g/mol. The average molecular weight is 260 g/mol. The van der Waals surface area contributed by atoms with E-state index in [1.54, 1.807) is 37.3 Å². The van der Waals surface area contributed by atoms with Crippen LogP contribution in [0.3, 0.4) is 0 Å². The number of carboxylic acid groups (broad SMARTS) is 1. The van der Waals surface area contributed by atoms with E-state index in [-0.39, 0.29) is 17.9 Å². The number of halogens is 1. The van der Waals surface area contributed by atoms with Gasteiger partial charge in [0.05, 0.1) is 5.56 Å². The largest absolute Gasteiger partial charge is 0.486 e. The predicted molar refractivity (Wildman–Crippen MR) is 68.9 cm³/mol. The van der Waals surface area contributed by atoms with Crippen LogP contribution in [0, 0.1) is 12.7 Å². The fraction of sp³-hybridized carbons (Fsp3) is 0.133. The molecule has 2 aromatic carbocycles. The average Bonchev–Trinajstić information content (AvgIpc) is 2.39. The van der Waals surface area contributed by atoms with Gasteiger partial charge in [0.15, 0.2) is 11.6 Å². The van der Waals surface area contributed by atoms with E-state index in [0.717, 1.165) is 0 Å². The van der Waals surface area contributed by atoms with E-state index >= 15 is 0 Å². The molecule has 0 aliphatic heterocycles. The molecule has 19 heavy (non-hydrogen) atoms. The summed E-state index contributed by atoms with van der Waals surface area (Å²) in [6, 6.07) is 11.1. The number of rotatable bonds is 4. The highest BCUT2D eigenvalue weighted by Gasteiger charge is 2.08. The van der Waals surface area contributed by atoms with Crippen molar-refractivity contribution in [3.8, 4) is 5.75 Å². The normalized spacial score (nSPS) is 10.2. The zero-order valence-electron chi connectivity index (χ0n) is 10.4. The Bertz CT molecular complexity index is 608. The van der Waals surface area contributed by atoms with Crippen LogP contribution in [0.4, 0.5) is 4.39 Å². The molecule has 0 saturated carbocycles. The fourth-order valence-electron chi connectivity index (χ4n) is 1.71. The highest BCUT2D eigenvalue weighted by atomic mass is 19.1. The first-order valence-electron chi connectivity index (χ1n) is 5.78. The molecule has 0 saturated heterocycles. The van der Waals surface area contributed by atoms with Gasteiger partial charge in [-0.1, -0.05) is 24.3 Å². The van der Waals surface area contributed by atoms with Gasteiger partial charge in [-0.05, 0) is 36.2 Å². The molecule has 1 N–H and O–H groups in total. The minimum atomic E-state index is -0.981. The molecule has 0 amide bonds. The molecule has 2 aromatic rings. The van der Waals surface area contributed by atoms with E-state index in [1.165, 1.54) is 12.1 Å². The third-order valence-electron chi connectivity index (χ3n) is 2.76. The molecule has 0 radical (unpaired) electrons. The van der Waals surface area contributed by atoms with E-state index < -0.39 is 11.8 Å². The van der Waals surface area contributed by atoms with Gasteiger partial charge in [-0.25, -0.2) is 9.18 Å². The molecule has 4 heteroatoms. The zero-order valence-corrected chi connectivity index (χ0v) is 10.4. The van der Waals surface area contributed by atoms with Gasteiger partial charge in [-0.2, -0.15) is 0 Å². The van der Waals surface area contributed by atoms with Crippen molar-refractivity contribution in [1.29, 1.82) is 0 Å². The number of aryl methyl sites for hydroxylation is 1. The molecule has 98 valence electrons. The van der Waals surface area contributed by atoms with Crippen LogP contribution >= 0.6 is 0 Å². The Morgan fingerprint density at radius 1 is 1.26 bits per heavy atom. The smallest absolute Gasteiger partial charge is 0.335 e. The van der Waals surface area contributed by atoms with Gasteiger partial charge in [0.25, 0.3) is 0 Å². The van der Waals surface area contributed by atoms with Crippen LogP contribution in [0.2, 0.25) is 0 Å². The second-order valence-electron chi connectivity index (χ2n) is 4.17. The van der Waals surface area contributed by atoms with Crippen LogP contribution in [-0.4, -0.2) is 11.1 Å². The summed E-state index contributed by atoms with van der Waals surface area (Å²) in [5.41, 5.74) is 1.60. The summed E-state index contributed by atoms with van der Waals surface area (Å²) >= 11 is 0. The summed E-state index contributed by atoms with van der Waals surface area (Å²) in [7, 11) is 0. The first kappa shape index (κ1) is 13.1. The van der Waals surface area contributed by atoms with Crippen molar-refractivity contribution in [2.75, 3.05) is 0 Å². The molecule has 0 aromatic heterocycles. The second kappa shape index (κ2) is 5.52. The highest BCUT2D eigenvalue weighted by Crippen LogP contribution is 2.18. The molecule has 0 bridgehead atoms. The van der Waals surface area contributed by atoms with Crippen LogP contribution in [-0.2, 0) is 6.61 Å². The minimum absolute atomic E-state index is 0.126. The lowest BCUT2D eigenvalue weighted by molar-refractivity contribution is 0.0696. The van der Waals surface area contributed by atoms with Crippen LogP contribution in [0.15, 0.2) is 42.5 Å². The summed E-state index contributed by atoms with van der Waals surface area (Å²) in [5.74, 6) is -1.27. The van der Waals surface area contributed by atoms with E-state index in [0.29, 0.717) is 11.1 Å². The van der Waals surface area contributed by atoms with E-state index in [9.17, 15) is 9.18 Å². The van der Waals surface area contributed by atoms with Crippen molar-refractivity contribution in [3.63, 3.8) is 0 Å². The molecule has 3 nitrogen and oxygen atoms in total. The van der Waals surface area contributed by atoms with Crippen molar-refractivity contribution in [3.05, 3.63) is 65.0 Å². The van der Waals surface area contributed by atoms with Crippen molar-refractivity contribution in [1.82, 2.24) is 0 Å². The minimum Gasteiger partial charge on any atom is -0.486 e. The summed E-state index contributed by atoms with van der Waals surface area (Å²) in [5, 5.41) is 9.02. The number of para-hydroxylation sites is 1.